The van der Waals surface area contributed by atoms with Gasteiger partial charge in [-0.2, -0.15) is 0 Å². The molecule has 1 aromatic heterocycles. The quantitative estimate of drug-likeness (QED) is 0.341. The molecule has 9 heteroatoms. The Kier molecular flexibility index (Phi) is 8.00. The molecule has 192 valence electrons. The summed E-state index contributed by atoms with van der Waals surface area (Å²) >= 11 is 7.33. The van der Waals surface area contributed by atoms with Crippen LogP contribution in [0.5, 0.6) is 11.5 Å². The summed E-state index contributed by atoms with van der Waals surface area (Å²) in [6.07, 6.45) is 3.86. The summed E-state index contributed by atoms with van der Waals surface area (Å²) in [7, 11) is 0. The number of hydrogen-bond acceptors (Lipinski definition) is 7. The number of benzene rings is 2. The van der Waals surface area contributed by atoms with Crippen molar-refractivity contribution in [1.82, 2.24) is 4.57 Å². The number of phenols is 1. The van der Waals surface area contributed by atoms with Crippen LogP contribution >= 0.6 is 22.9 Å². The highest BCUT2D eigenvalue weighted by Gasteiger charge is 2.33. The number of phenolic OH excluding ortho intramolecular Hbond substituents is 1. The first-order chi connectivity index (χ1) is 17.8. The molecule has 2 aromatic carbocycles. The third kappa shape index (κ3) is 5.26. The minimum Gasteiger partial charge on any atom is -0.504 e. The van der Waals surface area contributed by atoms with Crippen molar-refractivity contribution in [3.05, 3.63) is 102 Å². The van der Waals surface area contributed by atoms with Crippen LogP contribution in [0.1, 0.15) is 43.5 Å². The van der Waals surface area contributed by atoms with Crippen molar-refractivity contribution in [3.63, 3.8) is 0 Å². The molecule has 2 heterocycles. The molecule has 1 aliphatic heterocycles. The highest BCUT2D eigenvalue weighted by Crippen LogP contribution is 2.33. The van der Waals surface area contributed by atoms with Crippen molar-refractivity contribution in [3.8, 4) is 11.5 Å². The summed E-state index contributed by atoms with van der Waals surface area (Å²) in [5.41, 5.74) is 2.54. The first-order valence-electron chi connectivity index (χ1n) is 11.8. The molecule has 3 aromatic rings. The van der Waals surface area contributed by atoms with Crippen LogP contribution in [-0.4, -0.2) is 28.9 Å². The van der Waals surface area contributed by atoms with E-state index < -0.39 is 12.0 Å². The average Bonchev–Trinajstić information content (AvgIpc) is 3.16. The van der Waals surface area contributed by atoms with E-state index in [9.17, 15) is 14.7 Å². The zero-order chi connectivity index (χ0) is 26.7. The zero-order valence-electron chi connectivity index (χ0n) is 20.8. The molecule has 1 aliphatic rings. The van der Waals surface area contributed by atoms with Crippen molar-refractivity contribution in [2.75, 3.05) is 13.2 Å². The maximum absolute atomic E-state index is 13.8. The van der Waals surface area contributed by atoms with Crippen LogP contribution in [0.25, 0.3) is 6.08 Å². The maximum Gasteiger partial charge on any atom is 0.338 e. The van der Waals surface area contributed by atoms with Gasteiger partial charge in [0.25, 0.3) is 5.56 Å². The van der Waals surface area contributed by atoms with E-state index in [1.165, 1.54) is 15.9 Å². The Morgan fingerprint density at radius 1 is 1.24 bits per heavy atom. The molecule has 1 N–H and O–H groups in total. The van der Waals surface area contributed by atoms with Gasteiger partial charge < -0.3 is 14.6 Å². The lowest BCUT2D eigenvalue weighted by atomic mass is 9.96. The van der Waals surface area contributed by atoms with Gasteiger partial charge in [-0.15, -0.1) is 6.58 Å². The summed E-state index contributed by atoms with van der Waals surface area (Å²) in [4.78, 5) is 31.8. The summed E-state index contributed by atoms with van der Waals surface area (Å²) in [5, 5.41) is 11.1. The molecule has 0 saturated carbocycles. The largest absolute Gasteiger partial charge is 0.504 e. The molecule has 0 spiro atoms. The molecule has 37 heavy (non-hydrogen) atoms. The van der Waals surface area contributed by atoms with Crippen molar-refractivity contribution in [2.24, 2.45) is 4.99 Å². The van der Waals surface area contributed by atoms with E-state index in [0.717, 1.165) is 0 Å². The second kappa shape index (κ2) is 11.2. The number of rotatable bonds is 8. The third-order valence-corrected chi connectivity index (χ3v) is 7.08. The fraction of sp³-hybridized carbons (Fsp3) is 0.250. The van der Waals surface area contributed by atoms with Gasteiger partial charge in [-0.3, -0.25) is 9.36 Å². The minimum absolute atomic E-state index is 0.0535. The van der Waals surface area contributed by atoms with Gasteiger partial charge in [0.05, 0.1) is 35.1 Å². The van der Waals surface area contributed by atoms with Gasteiger partial charge in [-0.25, -0.2) is 9.79 Å². The summed E-state index contributed by atoms with van der Waals surface area (Å²) in [6, 6.07) is 9.79. The number of thiazole rings is 1. The highest BCUT2D eigenvalue weighted by molar-refractivity contribution is 7.07. The number of allylic oxidation sites excluding steroid dienone is 2. The smallest absolute Gasteiger partial charge is 0.338 e. The lowest BCUT2D eigenvalue weighted by molar-refractivity contribution is -0.139. The number of halogens is 1. The normalized spacial score (nSPS) is 15.2. The number of esters is 1. The predicted octanol–water partition coefficient (Wildman–Crippen LogP) is 4.28. The highest BCUT2D eigenvalue weighted by atomic mass is 35.5. The Labute approximate surface area is 223 Å². The SMILES string of the molecule is C=CCc1cc(C=c2sc3n(c2=O)C(c2ccc(Cl)cc2)C(C(=O)OCC)=C(C)N=3)cc(OCC)c1O. The van der Waals surface area contributed by atoms with Crippen LogP contribution in [0.4, 0.5) is 0 Å². The molecule has 1 atom stereocenters. The second-order valence-electron chi connectivity index (χ2n) is 8.31. The van der Waals surface area contributed by atoms with Crippen molar-refractivity contribution in [2.45, 2.75) is 33.2 Å². The molecule has 0 aliphatic carbocycles. The van der Waals surface area contributed by atoms with Crippen molar-refractivity contribution in [1.29, 1.82) is 0 Å². The Balaban J connectivity index is 1.94. The van der Waals surface area contributed by atoms with Gasteiger partial charge in [0, 0.05) is 10.6 Å². The van der Waals surface area contributed by atoms with Gasteiger partial charge in [0.15, 0.2) is 16.3 Å². The van der Waals surface area contributed by atoms with Crippen LogP contribution in [0.15, 0.2) is 70.1 Å². The van der Waals surface area contributed by atoms with E-state index in [2.05, 4.69) is 11.6 Å². The second-order valence-corrected chi connectivity index (χ2v) is 9.75. The van der Waals surface area contributed by atoms with Crippen LogP contribution in [0.3, 0.4) is 0 Å². The standard InChI is InChI=1S/C28H27ClN2O5S/c1-5-8-19-13-17(14-21(25(19)32)35-6-2)15-22-26(33)31-24(18-9-11-20(29)12-10-18)23(27(34)36-7-3)16(4)30-28(31)37-22/h5,9-15,24,32H,1,6-8H2,2-4H3. The fourth-order valence-corrected chi connectivity index (χ4v) is 5.43. The van der Waals surface area contributed by atoms with Crippen LogP contribution in [-0.2, 0) is 16.0 Å². The summed E-state index contributed by atoms with van der Waals surface area (Å²) < 4.78 is 12.9. The summed E-state index contributed by atoms with van der Waals surface area (Å²) in [5.74, 6) is -0.134. The molecule has 0 fully saturated rings. The van der Waals surface area contributed by atoms with Crippen LogP contribution in [0.2, 0.25) is 5.02 Å². The van der Waals surface area contributed by atoms with E-state index in [4.69, 9.17) is 21.1 Å². The first-order valence-corrected chi connectivity index (χ1v) is 13.0. The van der Waals surface area contributed by atoms with E-state index >= 15 is 0 Å². The van der Waals surface area contributed by atoms with E-state index in [0.29, 0.717) is 61.1 Å². The molecule has 7 nitrogen and oxygen atoms in total. The molecule has 1 unspecified atom stereocenters. The Hall–Kier alpha value is -3.62. The van der Waals surface area contributed by atoms with Gasteiger partial charge in [0.1, 0.15) is 0 Å². The van der Waals surface area contributed by atoms with Crippen LogP contribution in [0, 0.1) is 0 Å². The minimum atomic E-state index is -0.718. The van der Waals surface area contributed by atoms with Gasteiger partial charge in [0.2, 0.25) is 0 Å². The lowest BCUT2D eigenvalue weighted by Gasteiger charge is -2.24. The van der Waals surface area contributed by atoms with E-state index in [1.807, 2.05) is 6.92 Å². The summed E-state index contributed by atoms with van der Waals surface area (Å²) in [6.45, 7) is 9.63. The maximum atomic E-state index is 13.8. The number of nitrogens with zero attached hydrogens (tertiary/aromatic N) is 2. The molecule has 0 amide bonds. The Morgan fingerprint density at radius 3 is 2.62 bits per heavy atom. The number of carbonyl (C=O) groups excluding carboxylic acids is 1. The van der Waals surface area contributed by atoms with Gasteiger partial charge in [-0.1, -0.05) is 41.1 Å². The van der Waals surface area contributed by atoms with E-state index in [1.54, 1.807) is 62.4 Å². The number of ether oxygens (including phenoxy) is 2. The zero-order valence-corrected chi connectivity index (χ0v) is 22.4. The average molecular weight is 539 g/mol. The van der Waals surface area contributed by atoms with E-state index in [-0.39, 0.29) is 17.9 Å². The molecule has 0 bridgehead atoms. The first kappa shape index (κ1) is 26.4. The Bertz CT molecular complexity index is 1570. The fourth-order valence-electron chi connectivity index (χ4n) is 4.25. The topological polar surface area (TPSA) is 90.1 Å². The third-order valence-electron chi connectivity index (χ3n) is 5.84. The van der Waals surface area contributed by atoms with Gasteiger partial charge >= 0.3 is 5.97 Å². The number of hydrogen-bond donors (Lipinski definition) is 1. The van der Waals surface area contributed by atoms with Crippen molar-refractivity contribution >= 4 is 35.0 Å². The number of carbonyl (C=O) groups is 1. The predicted molar refractivity (Wildman–Crippen MR) is 145 cm³/mol. The molecular formula is C28H27ClN2O5S. The van der Waals surface area contributed by atoms with Gasteiger partial charge in [-0.05, 0) is 68.7 Å². The Morgan fingerprint density at radius 2 is 1.97 bits per heavy atom. The molecule has 0 radical (unpaired) electrons. The van der Waals surface area contributed by atoms with Crippen molar-refractivity contribution < 1.29 is 19.4 Å². The molecule has 0 saturated heterocycles. The number of fused-ring (bicyclic) bond motifs is 1. The lowest BCUT2D eigenvalue weighted by Crippen LogP contribution is -2.39. The number of aromatic nitrogens is 1. The monoisotopic (exact) mass is 538 g/mol. The molecular weight excluding hydrogens is 512 g/mol. The van der Waals surface area contributed by atoms with Crippen LogP contribution < -0.4 is 19.6 Å². The molecule has 4 rings (SSSR count). The number of aromatic hydroxyl groups is 1.